The number of amides is 3. The maximum Gasteiger partial charge on any atom is 0.324 e. The summed E-state index contributed by atoms with van der Waals surface area (Å²) in [7, 11) is 3.71. The number of aliphatic hydroxyl groups is 1. The molecule has 27 heavy (non-hydrogen) atoms. The number of hydrogen-bond acceptors (Lipinski definition) is 5. The second-order valence-electron chi connectivity index (χ2n) is 8.82. The van der Waals surface area contributed by atoms with Crippen LogP contribution < -0.4 is 5.32 Å². The third-order valence-electron chi connectivity index (χ3n) is 7.93. The minimum Gasteiger partial charge on any atom is -0.508 e. The summed E-state index contributed by atoms with van der Waals surface area (Å²) in [4.78, 5) is 28.8. The summed E-state index contributed by atoms with van der Waals surface area (Å²) in [5.41, 5.74) is -0.541. The van der Waals surface area contributed by atoms with Gasteiger partial charge < -0.3 is 20.0 Å². The SMILES string of the molecule is CN1CC[C@]23C[C@@]4(CC[C@@]2(O)[C@H]1Cc1ccc(O)cc13)C(=O)NC(=O)N4C. The van der Waals surface area contributed by atoms with Crippen LogP contribution in [0.4, 0.5) is 4.79 Å². The summed E-state index contributed by atoms with van der Waals surface area (Å²) in [6, 6.07) is 4.97. The first-order valence-electron chi connectivity index (χ1n) is 9.58. The maximum absolute atomic E-state index is 12.8. The van der Waals surface area contributed by atoms with Gasteiger partial charge in [0.25, 0.3) is 5.91 Å². The number of likely N-dealkylation sites (tertiary alicyclic amines) is 1. The molecule has 2 heterocycles. The number of nitrogens with zero attached hydrogens (tertiary/aromatic N) is 2. The Morgan fingerprint density at radius 2 is 1.96 bits per heavy atom. The highest BCUT2D eigenvalue weighted by Gasteiger charge is 2.70. The highest BCUT2D eigenvalue weighted by atomic mass is 16.3. The van der Waals surface area contributed by atoms with Crippen LogP contribution in [0.15, 0.2) is 18.2 Å². The van der Waals surface area contributed by atoms with E-state index in [4.69, 9.17) is 0 Å². The minimum absolute atomic E-state index is 0.0360. The van der Waals surface area contributed by atoms with E-state index < -0.39 is 16.6 Å². The summed E-state index contributed by atoms with van der Waals surface area (Å²) in [5.74, 6) is -0.100. The normalized spacial score (nSPS) is 40.7. The fourth-order valence-electron chi connectivity index (χ4n) is 6.36. The summed E-state index contributed by atoms with van der Waals surface area (Å²) in [6.07, 6.45) is 2.67. The molecule has 0 radical (unpaired) electrons. The van der Waals surface area contributed by atoms with Gasteiger partial charge in [0.05, 0.1) is 5.60 Å². The minimum atomic E-state index is -0.987. The second-order valence-corrected chi connectivity index (χ2v) is 8.82. The first-order valence-corrected chi connectivity index (χ1v) is 9.58. The van der Waals surface area contributed by atoms with Gasteiger partial charge >= 0.3 is 6.03 Å². The van der Waals surface area contributed by atoms with Gasteiger partial charge in [-0.1, -0.05) is 6.07 Å². The van der Waals surface area contributed by atoms with Crippen molar-refractivity contribution >= 4 is 11.9 Å². The van der Waals surface area contributed by atoms with Crippen LogP contribution in [0.2, 0.25) is 0 Å². The first kappa shape index (κ1) is 17.0. The van der Waals surface area contributed by atoms with Gasteiger partial charge in [-0.25, -0.2) is 4.79 Å². The monoisotopic (exact) mass is 371 g/mol. The zero-order valence-electron chi connectivity index (χ0n) is 15.7. The molecule has 0 aromatic heterocycles. The number of piperidine rings is 1. The van der Waals surface area contributed by atoms with Gasteiger partial charge in [-0.2, -0.15) is 0 Å². The van der Waals surface area contributed by atoms with Gasteiger partial charge in [-0.15, -0.1) is 0 Å². The van der Waals surface area contributed by atoms with Crippen molar-refractivity contribution in [2.75, 3.05) is 20.6 Å². The van der Waals surface area contributed by atoms with Crippen molar-refractivity contribution in [3.8, 4) is 5.75 Å². The van der Waals surface area contributed by atoms with E-state index in [-0.39, 0.29) is 23.7 Å². The van der Waals surface area contributed by atoms with E-state index >= 15 is 0 Å². The molecule has 2 aliphatic heterocycles. The van der Waals surface area contributed by atoms with E-state index in [0.29, 0.717) is 25.7 Å². The first-order chi connectivity index (χ1) is 12.7. The Morgan fingerprint density at radius 1 is 1.19 bits per heavy atom. The number of urea groups is 1. The molecule has 2 bridgehead atoms. The lowest BCUT2D eigenvalue weighted by molar-refractivity contribution is -0.182. The van der Waals surface area contributed by atoms with Gasteiger partial charge in [0.2, 0.25) is 0 Å². The number of aromatic hydroxyl groups is 1. The molecule has 1 aromatic carbocycles. The largest absolute Gasteiger partial charge is 0.508 e. The van der Waals surface area contributed by atoms with Crippen LogP contribution in [0.25, 0.3) is 0 Å². The lowest BCUT2D eigenvalue weighted by atomic mass is 9.46. The third kappa shape index (κ3) is 1.84. The molecular weight excluding hydrogens is 346 g/mol. The Morgan fingerprint density at radius 3 is 2.67 bits per heavy atom. The predicted octanol–water partition coefficient (Wildman–Crippen LogP) is 0.726. The van der Waals surface area contributed by atoms with Gasteiger partial charge in [0.1, 0.15) is 11.3 Å². The number of phenolic OH excluding ortho intramolecular Hbond substituents is 1. The van der Waals surface area contributed by atoms with Crippen molar-refractivity contribution < 1.29 is 19.8 Å². The van der Waals surface area contributed by atoms with Crippen LogP contribution in [0.1, 0.15) is 36.8 Å². The number of fused-ring (bicyclic) bond motifs is 1. The van der Waals surface area contributed by atoms with Crippen LogP contribution >= 0.6 is 0 Å². The van der Waals surface area contributed by atoms with E-state index in [0.717, 1.165) is 24.1 Å². The number of nitrogens with one attached hydrogen (secondary N) is 1. The van der Waals surface area contributed by atoms with E-state index in [1.165, 1.54) is 4.90 Å². The molecule has 3 N–H and O–H groups in total. The molecule has 7 nitrogen and oxygen atoms in total. The third-order valence-corrected chi connectivity index (χ3v) is 7.93. The Bertz CT molecular complexity index is 873. The summed E-state index contributed by atoms with van der Waals surface area (Å²) < 4.78 is 0. The van der Waals surface area contributed by atoms with Crippen LogP contribution in [-0.2, 0) is 16.6 Å². The standard InChI is InChI=1S/C20H25N3O4/c1-22-8-7-18-11-19(16(25)21-17(26)23(19)2)5-6-20(18,27)15(22)9-12-3-4-13(24)10-14(12)18/h3-4,10,15,24,27H,5-9,11H2,1-2H3,(H,21,25,26)/t15-,18-,19+,20-/m1/s1. The molecule has 4 atom stereocenters. The van der Waals surface area contributed by atoms with Crippen molar-refractivity contribution in [2.45, 2.75) is 54.7 Å². The Balaban J connectivity index is 1.73. The molecule has 3 amide bonds. The topological polar surface area (TPSA) is 93.1 Å². The molecule has 2 aliphatic carbocycles. The predicted molar refractivity (Wildman–Crippen MR) is 97.4 cm³/mol. The van der Waals surface area contributed by atoms with E-state index in [2.05, 4.69) is 10.2 Å². The number of hydrogen-bond donors (Lipinski definition) is 3. The zero-order chi connectivity index (χ0) is 19.2. The van der Waals surface area contributed by atoms with Gasteiger partial charge in [-0.05, 0) is 69.0 Å². The van der Waals surface area contributed by atoms with Crippen molar-refractivity contribution in [1.82, 2.24) is 15.1 Å². The Kier molecular flexibility index (Phi) is 3.17. The molecule has 3 fully saturated rings. The van der Waals surface area contributed by atoms with Gasteiger partial charge in [-0.3, -0.25) is 10.1 Å². The molecule has 1 aromatic rings. The number of imide groups is 1. The number of carbonyl (C=O) groups is 2. The number of carbonyl (C=O) groups excluding carboxylic acids is 2. The van der Waals surface area contributed by atoms with Crippen LogP contribution in [0.3, 0.4) is 0 Å². The van der Waals surface area contributed by atoms with E-state index in [1.54, 1.807) is 19.2 Å². The van der Waals surface area contributed by atoms with Crippen molar-refractivity contribution in [1.29, 1.82) is 0 Å². The molecule has 144 valence electrons. The molecule has 0 unspecified atom stereocenters. The number of rotatable bonds is 0. The molecule has 1 saturated carbocycles. The van der Waals surface area contributed by atoms with Gasteiger partial charge in [0, 0.05) is 18.5 Å². The molecule has 7 heteroatoms. The summed E-state index contributed by atoms with van der Waals surface area (Å²) in [6.45, 7) is 0.803. The lowest BCUT2D eigenvalue weighted by Gasteiger charge is -2.65. The fraction of sp³-hybridized carbons (Fsp3) is 0.600. The number of phenols is 1. The van der Waals surface area contributed by atoms with Crippen LogP contribution in [0, 0.1) is 0 Å². The molecule has 5 rings (SSSR count). The fourth-order valence-corrected chi connectivity index (χ4v) is 6.36. The van der Waals surface area contributed by atoms with Crippen molar-refractivity contribution in [3.05, 3.63) is 29.3 Å². The highest BCUT2D eigenvalue weighted by Crippen LogP contribution is 2.61. The maximum atomic E-state index is 12.8. The average molecular weight is 371 g/mol. The smallest absolute Gasteiger partial charge is 0.324 e. The van der Waals surface area contributed by atoms with E-state index in [1.807, 2.05) is 13.1 Å². The zero-order valence-corrected chi connectivity index (χ0v) is 15.7. The Hall–Kier alpha value is -2.12. The molecule has 2 saturated heterocycles. The molecular formula is C20H25N3O4. The number of likely N-dealkylation sites (N-methyl/N-ethyl adjacent to an activating group) is 2. The lowest BCUT2D eigenvalue weighted by Crippen LogP contribution is -2.75. The summed E-state index contributed by atoms with van der Waals surface area (Å²) >= 11 is 0. The number of benzene rings is 1. The average Bonchev–Trinajstić information content (AvgIpc) is 2.83. The molecule has 1 spiro atoms. The quantitative estimate of drug-likeness (QED) is 0.585. The van der Waals surface area contributed by atoms with E-state index in [9.17, 15) is 19.8 Å². The van der Waals surface area contributed by atoms with Crippen molar-refractivity contribution in [2.24, 2.45) is 0 Å². The van der Waals surface area contributed by atoms with Gasteiger partial charge in [0.15, 0.2) is 0 Å². The van der Waals surface area contributed by atoms with Crippen LogP contribution in [0.5, 0.6) is 5.75 Å². The second kappa shape index (κ2) is 5.02. The van der Waals surface area contributed by atoms with Crippen molar-refractivity contribution in [3.63, 3.8) is 0 Å². The molecule has 4 aliphatic rings. The summed E-state index contributed by atoms with van der Waals surface area (Å²) in [5, 5.41) is 24.6. The van der Waals surface area contributed by atoms with Crippen LogP contribution in [-0.4, -0.2) is 69.8 Å². The Labute approximate surface area is 157 Å². The highest BCUT2D eigenvalue weighted by molar-refractivity contribution is 6.07.